The molecular formula is C12H16FN3O4S. The number of amides is 1. The summed E-state index contributed by atoms with van der Waals surface area (Å²) in [5, 5.41) is 2.56. The lowest BCUT2D eigenvalue weighted by Crippen LogP contribution is -2.55. The molecule has 0 bridgehead atoms. The van der Waals surface area contributed by atoms with Crippen LogP contribution < -0.4 is 15.8 Å². The van der Waals surface area contributed by atoms with Gasteiger partial charge in [-0.15, -0.1) is 0 Å². The van der Waals surface area contributed by atoms with E-state index in [1.165, 1.54) is 14.0 Å². The zero-order valence-electron chi connectivity index (χ0n) is 11.6. The first-order valence-corrected chi connectivity index (χ1v) is 7.65. The molecule has 1 fully saturated rings. The van der Waals surface area contributed by atoms with Crippen LogP contribution in [0, 0.1) is 5.82 Å². The predicted molar refractivity (Wildman–Crippen MR) is 73.7 cm³/mol. The molecule has 1 unspecified atom stereocenters. The van der Waals surface area contributed by atoms with Gasteiger partial charge in [0.2, 0.25) is 15.9 Å². The Morgan fingerprint density at radius 1 is 1.48 bits per heavy atom. The second-order valence-corrected chi connectivity index (χ2v) is 6.50. The summed E-state index contributed by atoms with van der Waals surface area (Å²) in [4.78, 5) is 11.3. The minimum Gasteiger partial charge on any atom is -0.492 e. The standard InChI is InChI=1S/C12H16FN3O4S/c1-7-12(17)15-3-4-16(7)21(18,19)8-5-9(13)11(20-2)10(14)6-8/h5-7H,3-4,14H2,1-2H3,(H,15,17). The third-order valence-electron chi connectivity index (χ3n) is 3.30. The molecule has 1 aliphatic rings. The van der Waals surface area contributed by atoms with Crippen molar-refractivity contribution in [2.24, 2.45) is 0 Å². The van der Waals surface area contributed by atoms with Crippen molar-refractivity contribution in [3.8, 4) is 5.75 Å². The van der Waals surface area contributed by atoms with E-state index in [9.17, 15) is 17.6 Å². The number of anilines is 1. The Bertz CT molecular complexity index is 654. The number of halogens is 1. The van der Waals surface area contributed by atoms with E-state index in [1.807, 2.05) is 0 Å². The lowest BCUT2D eigenvalue weighted by atomic mass is 10.2. The topological polar surface area (TPSA) is 102 Å². The van der Waals surface area contributed by atoms with Gasteiger partial charge in [-0.2, -0.15) is 4.31 Å². The third-order valence-corrected chi connectivity index (χ3v) is 5.25. The Balaban J connectivity index is 2.47. The molecule has 2 rings (SSSR count). The lowest BCUT2D eigenvalue weighted by Gasteiger charge is -2.31. The molecule has 9 heteroatoms. The summed E-state index contributed by atoms with van der Waals surface area (Å²) in [5.41, 5.74) is 5.47. The highest BCUT2D eigenvalue weighted by atomic mass is 32.2. The van der Waals surface area contributed by atoms with E-state index in [2.05, 4.69) is 5.32 Å². The fourth-order valence-corrected chi connectivity index (χ4v) is 3.82. The molecule has 0 spiro atoms. The maximum atomic E-state index is 13.8. The first-order chi connectivity index (χ1) is 9.78. The number of nitrogens with two attached hydrogens (primary N) is 1. The highest BCUT2D eigenvalue weighted by Crippen LogP contribution is 2.30. The number of sulfonamides is 1. The molecule has 1 heterocycles. The van der Waals surface area contributed by atoms with E-state index in [4.69, 9.17) is 10.5 Å². The number of carbonyl (C=O) groups excluding carboxylic acids is 1. The van der Waals surface area contributed by atoms with Gasteiger partial charge in [-0.05, 0) is 19.1 Å². The molecular weight excluding hydrogens is 301 g/mol. The zero-order chi connectivity index (χ0) is 15.8. The number of hydrogen-bond donors (Lipinski definition) is 2. The summed E-state index contributed by atoms with van der Waals surface area (Å²) in [6, 6.07) is 1.09. The fourth-order valence-electron chi connectivity index (χ4n) is 2.18. The summed E-state index contributed by atoms with van der Waals surface area (Å²) in [7, 11) is -2.78. The van der Waals surface area contributed by atoms with Gasteiger partial charge in [-0.1, -0.05) is 0 Å². The van der Waals surface area contributed by atoms with Crippen molar-refractivity contribution in [2.45, 2.75) is 17.9 Å². The number of piperazine rings is 1. The van der Waals surface area contributed by atoms with Crippen molar-refractivity contribution >= 4 is 21.6 Å². The number of methoxy groups -OCH3 is 1. The van der Waals surface area contributed by atoms with Crippen molar-refractivity contribution in [1.82, 2.24) is 9.62 Å². The van der Waals surface area contributed by atoms with Crippen molar-refractivity contribution in [2.75, 3.05) is 25.9 Å². The number of nitrogen functional groups attached to an aromatic ring is 1. The highest BCUT2D eigenvalue weighted by molar-refractivity contribution is 7.89. The lowest BCUT2D eigenvalue weighted by molar-refractivity contribution is -0.126. The van der Waals surface area contributed by atoms with Crippen molar-refractivity contribution in [3.05, 3.63) is 17.9 Å². The smallest absolute Gasteiger partial charge is 0.244 e. The number of nitrogens with zero attached hydrogens (tertiary/aromatic N) is 1. The molecule has 1 atom stereocenters. The van der Waals surface area contributed by atoms with Gasteiger partial charge in [-0.25, -0.2) is 12.8 Å². The van der Waals surface area contributed by atoms with E-state index in [-0.39, 0.29) is 29.4 Å². The second-order valence-electron chi connectivity index (χ2n) is 4.61. The van der Waals surface area contributed by atoms with E-state index in [0.29, 0.717) is 0 Å². The molecule has 7 nitrogen and oxygen atoms in total. The van der Waals surface area contributed by atoms with Crippen molar-refractivity contribution in [1.29, 1.82) is 0 Å². The third kappa shape index (κ3) is 2.66. The Kier molecular flexibility index (Phi) is 4.06. The van der Waals surface area contributed by atoms with Crippen LogP contribution >= 0.6 is 0 Å². The maximum absolute atomic E-state index is 13.8. The van der Waals surface area contributed by atoms with Crippen LogP contribution in [-0.2, 0) is 14.8 Å². The monoisotopic (exact) mass is 317 g/mol. The van der Waals surface area contributed by atoms with E-state index >= 15 is 0 Å². The van der Waals surface area contributed by atoms with Crippen LogP contribution in [0.3, 0.4) is 0 Å². The number of nitrogens with one attached hydrogen (secondary N) is 1. The van der Waals surface area contributed by atoms with Gasteiger partial charge in [0.15, 0.2) is 11.6 Å². The Morgan fingerprint density at radius 3 is 2.71 bits per heavy atom. The number of hydrogen-bond acceptors (Lipinski definition) is 5. The van der Waals surface area contributed by atoms with Gasteiger partial charge in [-0.3, -0.25) is 4.79 Å². The van der Waals surface area contributed by atoms with E-state index < -0.39 is 27.8 Å². The van der Waals surface area contributed by atoms with Gasteiger partial charge in [0.1, 0.15) is 6.04 Å². The molecule has 0 aliphatic carbocycles. The van der Waals surface area contributed by atoms with Crippen LogP contribution in [0.1, 0.15) is 6.92 Å². The maximum Gasteiger partial charge on any atom is 0.244 e. The van der Waals surface area contributed by atoms with Crippen molar-refractivity contribution in [3.63, 3.8) is 0 Å². The van der Waals surface area contributed by atoms with Gasteiger partial charge in [0.05, 0.1) is 17.7 Å². The highest BCUT2D eigenvalue weighted by Gasteiger charge is 2.36. The Hall–Kier alpha value is -1.87. The van der Waals surface area contributed by atoms with Gasteiger partial charge in [0.25, 0.3) is 0 Å². The van der Waals surface area contributed by atoms with E-state index in [1.54, 1.807) is 0 Å². The molecule has 1 aromatic carbocycles. The molecule has 1 amide bonds. The summed E-state index contributed by atoms with van der Waals surface area (Å²) >= 11 is 0. The number of benzene rings is 1. The molecule has 0 aromatic heterocycles. The Morgan fingerprint density at radius 2 is 2.14 bits per heavy atom. The average molecular weight is 317 g/mol. The molecule has 3 N–H and O–H groups in total. The van der Waals surface area contributed by atoms with Crippen LogP contribution in [0.5, 0.6) is 5.75 Å². The summed E-state index contributed by atoms with van der Waals surface area (Å²) in [6.07, 6.45) is 0. The first kappa shape index (κ1) is 15.5. The molecule has 116 valence electrons. The van der Waals surface area contributed by atoms with Crippen LogP contribution in [0.2, 0.25) is 0 Å². The quantitative estimate of drug-likeness (QED) is 0.760. The van der Waals surface area contributed by atoms with Crippen LogP contribution in [-0.4, -0.2) is 44.9 Å². The van der Waals surface area contributed by atoms with Crippen LogP contribution in [0.25, 0.3) is 0 Å². The second kappa shape index (κ2) is 5.49. The van der Waals surface area contributed by atoms with Crippen LogP contribution in [0.15, 0.2) is 17.0 Å². The number of carbonyl (C=O) groups is 1. The molecule has 1 saturated heterocycles. The zero-order valence-corrected chi connectivity index (χ0v) is 12.4. The normalized spacial score (nSPS) is 20.1. The SMILES string of the molecule is COc1c(N)cc(S(=O)(=O)N2CCNC(=O)C2C)cc1F. The molecule has 0 saturated carbocycles. The summed E-state index contributed by atoms with van der Waals surface area (Å²) in [5.74, 6) is -1.48. The minimum absolute atomic E-state index is 0.114. The van der Waals surface area contributed by atoms with E-state index in [0.717, 1.165) is 16.4 Å². The molecule has 21 heavy (non-hydrogen) atoms. The van der Waals surface area contributed by atoms with Crippen LogP contribution in [0.4, 0.5) is 10.1 Å². The summed E-state index contributed by atoms with van der Waals surface area (Å²) < 4.78 is 44.7. The largest absolute Gasteiger partial charge is 0.492 e. The molecule has 1 aromatic rings. The van der Waals surface area contributed by atoms with Crippen molar-refractivity contribution < 1.29 is 22.3 Å². The number of ether oxygens (including phenoxy) is 1. The predicted octanol–water partition coefficient (Wildman–Crippen LogP) is -0.0745. The number of rotatable bonds is 3. The molecule has 0 radical (unpaired) electrons. The first-order valence-electron chi connectivity index (χ1n) is 6.21. The van der Waals surface area contributed by atoms with Gasteiger partial charge < -0.3 is 15.8 Å². The Labute approximate surface area is 121 Å². The average Bonchev–Trinajstić information content (AvgIpc) is 2.41. The minimum atomic E-state index is -4.02. The molecule has 1 aliphatic heterocycles. The fraction of sp³-hybridized carbons (Fsp3) is 0.417. The van der Waals surface area contributed by atoms with Gasteiger partial charge in [0, 0.05) is 13.1 Å². The summed E-state index contributed by atoms with van der Waals surface area (Å²) in [6.45, 7) is 1.79. The van der Waals surface area contributed by atoms with Gasteiger partial charge >= 0.3 is 0 Å².